The maximum Gasteiger partial charge on any atom is 0.397 e. The Hall–Kier alpha value is -0.130. The molecule has 12 heavy (non-hydrogen) atoms. The Balaban J connectivity index is 4.00. The van der Waals surface area contributed by atoms with Crippen LogP contribution in [0.4, 0.5) is 0 Å². The van der Waals surface area contributed by atoms with Crippen molar-refractivity contribution in [1.29, 1.82) is 0 Å². The molecule has 1 N–H and O–H groups in total. The SMILES string of the molecule is CC(CC(C)(C)C)OS(=O)(=O)O. The summed E-state index contributed by atoms with van der Waals surface area (Å²) in [6, 6.07) is 0. The van der Waals surface area contributed by atoms with E-state index in [0.29, 0.717) is 6.42 Å². The van der Waals surface area contributed by atoms with Gasteiger partial charge in [0.2, 0.25) is 0 Å². The molecule has 1 unspecified atom stereocenters. The first-order valence-corrected chi connectivity index (χ1v) is 5.12. The van der Waals surface area contributed by atoms with Gasteiger partial charge in [-0.1, -0.05) is 20.8 Å². The van der Waals surface area contributed by atoms with E-state index in [0.717, 1.165) is 0 Å². The van der Waals surface area contributed by atoms with Crippen LogP contribution in [0.15, 0.2) is 0 Å². The maximum atomic E-state index is 10.3. The lowest BCUT2D eigenvalue weighted by Gasteiger charge is -2.21. The van der Waals surface area contributed by atoms with E-state index in [9.17, 15) is 8.42 Å². The predicted octanol–water partition coefficient (Wildman–Crippen LogP) is 1.63. The third kappa shape index (κ3) is 7.97. The molecule has 0 rings (SSSR count). The second kappa shape index (κ2) is 3.72. The van der Waals surface area contributed by atoms with E-state index in [4.69, 9.17) is 4.55 Å². The third-order valence-corrected chi connectivity index (χ3v) is 1.76. The van der Waals surface area contributed by atoms with E-state index in [1.165, 1.54) is 0 Å². The van der Waals surface area contributed by atoms with Gasteiger partial charge in [0.1, 0.15) is 0 Å². The molecule has 0 aliphatic carbocycles. The molecule has 0 spiro atoms. The van der Waals surface area contributed by atoms with Crippen LogP contribution in [0, 0.1) is 5.41 Å². The van der Waals surface area contributed by atoms with Crippen LogP contribution in [-0.4, -0.2) is 19.1 Å². The fourth-order valence-corrected chi connectivity index (χ4v) is 1.59. The van der Waals surface area contributed by atoms with Gasteiger partial charge in [0.15, 0.2) is 0 Å². The van der Waals surface area contributed by atoms with E-state index in [1.807, 2.05) is 20.8 Å². The zero-order valence-electron chi connectivity index (χ0n) is 7.86. The maximum absolute atomic E-state index is 10.3. The summed E-state index contributed by atoms with van der Waals surface area (Å²) in [5.74, 6) is 0. The second-order valence-electron chi connectivity index (χ2n) is 4.10. The lowest BCUT2D eigenvalue weighted by atomic mass is 9.90. The number of rotatable bonds is 3. The van der Waals surface area contributed by atoms with Crippen molar-refractivity contribution in [2.45, 2.75) is 40.2 Å². The molecule has 0 radical (unpaired) electrons. The van der Waals surface area contributed by atoms with Crippen LogP contribution in [0.5, 0.6) is 0 Å². The van der Waals surface area contributed by atoms with Crippen molar-refractivity contribution in [3.63, 3.8) is 0 Å². The Bertz CT molecular complexity index is 224. The van der Waals surface area contributed by atoms with Crippen molar-refractivity contribution in [1.82, 2.24) is 0 Å². The molecular formula is C7H16O4S. The average molecular weight is 196 g/mol. The summed E-state index contributed by atoms with van der Waals surface area (Å²) in [7, 11) is -4.30. The van der Waals surface area contributed by atoms with Gasteiger partial charge in [0.05, 0.1) is 6.10 Å². The molecule has 0 fully saturated rings. The lowest BCUT2D eigenvalue weighted by molar-refractivity contribution is 0.148. The van der Waals surface area contributed by atoms with Gasteiger partial charge in [-0.05, 0) is 18.8 Å². The molecule has 5 heteroatoms. The van der Waals surface area contributed by atoms with Gasteiger partial charge in [-0.2, -0.15) is 8.42 Å². The summed E-state index contributed by atoms with van der Waals surface area (Å²) in [5, 5.41) is 0. The summed E-state index contributed by atoms with van der Waals surface area (Å²) in [4.78, 5) is 0. The molecule has 0 saturated carbocycles. The van der Waals surface area contributed by atoms with Gasteiger partial charge < -0.3 is 0 Å². The number of hydrogen-bond donors (Lipinski definition) is 1. The Labute approximate surface area is 73.9 Å². The van der Waals surface area contributed by atoms with Gasteiger partial charge in [0.25, 0.3) is 0 Å². The van der Waals surface area contributed by atoms with Crippen molar-refractivity contribution in [2.24, 2.45) is 5.41 Å². The fourth-order valence-electron chi connectivity index (χ4n) is 1.10. The summed E-state index contributed by atoms with van der Waals surface area (Å²) in [6.07, 6.45) is 0.0901. The minimum Gasteiger partial charge on any atom is -0.264 e. The highest BCUT2D eigenvalue weighted by atomic mass is 32.3. The van der Waals surface area contributed by atoms with Crippen LogP contribution in [0.2, 0.25) is 0 Å². The molecule has 0 aromatic rings. The fraction of sp³-hybridized carbons (Fsp3) is 1.00. The van der Waals surface area contributed by atoms with Crippen LogP contribution in [0.3, 0.4) is 0 Å². The highest BCUT2D eigenvalue weighted by Crippen LogP contribution is 2.22. The monoisotopic (exact) mass is 196 g/mol. The molecule has 0 amide bonds. The zero-order valence-corrected chi connectivity index (χ0v) is 8.68. The Morgan fingerprint density at radius 1 is 1.42 bits per heavy atom. The van der Waals surface area contributed by atoms with Gasteiger partial charge in [-0.25, -0.2) is 4.18 Å². The van der Waals surface area contributed by atoms with Gasteiger partial charge in [-0.3, -0.25) is 4.55 Å². The average Bonchev–Trinajstić information content (AvgIpc) is 1.49. The Morgan fingerprint density at radius 2 is 1.83 bits per heavy atom. The van der Waals surface area contributed by atoms with Gasteiger partial charge >= 0.3 is 10.4 Å². The van der Waals surface area contributed by atoms with E-state index in [2.05, 4.69) is 4.18 Å². The molecule has 0 aliphatic heterocycles. The largest absolute Gasteiger partial charge is 0.397 e. The smallest absolute Gasteiger partial charge is 0.264 e. The lowest BCUT2D eigenvalue weighted by Crippen LogP contribution is -2.20. The quantitative estimate of drug-likeness (QED) is 0.697. The highest BCUT2D eigenvalue weighted by molar-refractivity contribution is 7.80. The first kappa shape index (κ1) is 11.9. The van der Waals surface area contributed by atoms with E-state index in [-0.39, 0.29) is 5.41 Å². The third-order valence-electron chi connectivity index (χ3n) is 1.19. The molecule has 0 bridgehead atoms. The zero-order chi connectivity index (χ0) is 9.99. The Morgan fingerprint density at radius 3 is 2.08 bits per heavy atom. The highest BCUT2D eigenvalue weighted by Gasteiger charge is 2.19. The number of hydrogen-bond acceptors (Lipinski definition) is 3. The van der Waals surface area contributed by atoms with Crippen molar-refractivity contribution in [3.05, 3.63) is 0 Å². The molecule has 0 aliphatic rings. The predicted molar refractivity (Wildman–Crippen MR) is 46.2 cm³/mol. The van der Waals surface area contributed by atoms with Crippen LogP contribution in [0.1, 0.15) is 34.1 Å². The standard InChI is InChI=1S/C7H16O4S/c1-6(5-7(2,3)4)11-12(8,9)10/h6H,5H2,1-4H3,(H,8,9,10). The normalized spacial score (nSPS) is 16.1. The molecule has 1 atom stereocenters. The van der Waals surface area contributed by atoms with E-state index < -0.39 is 16.5 Å². The topological polar surface area (TPSA) is 63.6 Å². The van der Waals surface area contributed by atoms with Crippen LogP contribution >= 0.6 is 0 Å². The molecule has 0 aromatic heterocycles. The summed E-state index contributed by atoms with van der Waals surface area (Å²) >= 11 is 0. The summed E-state index contributed by atoms with van der Waals surface area (Å²) in [5.41, 5.74) is -0.00981. The Kier molecular flexibility index (Phi) is 3.68. The molecule has 0 heterocycles. The van der Waals surface area contributed by atoms with Crippen molar-refractivity contribution >= 4 is 10.4 Å². The van der Waals surface area contributed by atoms with Gasteiger partial charge in [-0.15, -0.1) is 0 Å². The van der Waals surface area contributed by atoms with Crippen molar-refractivity contribution in [2.75, 3.05) is 0 Å². The molecule has 4 nitrogen and oxygen atoms in total. The molecule has 0 saturated heterocycles. The first-order valence-electron chi connectivity index (χ1n) is 3.76. The van der Waals surface area contributed by atoms with Gasteiger partial charge in [0, 0.05) is 0 Å². The van der Waals surface area contributed by atoms with Crippen LogP contribution < -0.4 is 0 Å². The van der Waals surface area contributed by atoms with E-state index >= 15 is 0 Å². The van der Waals surface area contributed by atoms with Crippen molar-refractivity contribution in [3.8, 4) is 0 Å². The second-order valence-corrected chi connectivity index (χ2v) is 5.15. The summed E-state index contributed by atoms with van der Waals surface area (Å²) in [6.45, 7) is 7.52. The first-order chi connectivity index (χ1) is 5.10. The molecule has 74 valence electrons. The van der Waals surface area contributed by atoms with Crippen molar-refractivity contribution < 1.29 is 17.2 Å². The minimum absolute atomic E-state index is 0.00981. The van der Waals surface area contributed by atoms with E-state index in [1.54, 1.807) is 6.92 Å². The van der Waals surface area contributed by atoms with Crippen LogP contribution in [0.25, 0.3) is 0 Å². The summed E-state index contributed by atoms with van der Waals surface area (Å²) < 4.78 is 33.2. The van der Waals surface area contributed by atoms with Crippen LogP contribution in [-0.2, 0) is 14.6 Å². The minimum atomic E-state index is -4.30. The molecular weight excluding hydrogens is 180 g/mol. The molecule has 0 aromatic carbocycles.